The molecule has 0 aromatic heterocycles. The van der Waals surface area contributed by atoms with Crippen molar-refractivity contribution in [2.45, 2.75) is 46.0 Å². The average Bonchev–Trinajstić information content (AvgIpc) is 2.64. The molecule has 1 aliphatic rings. The lowest BCUT2D eigenvalue weighted by Gasteiger charge is -2.20. The highest BCUT2D eigenvalue weighted by atomic mass is 16.4. The van der Waals surface area contributed by atoms with E-state index in [0.29, 0.717) is 6.54 Å². The zero-order chi connectivity index (χ0) is 11.3. The van der Waals surface area contributed by atoms with Crippen molar-refractivity contribution in [3.8, 4) is 0 Å². The van der Waals surface area contributed by atoms with Crippen LogP contribution in [0.3, 0.4) is 0 Å². The molecule has 1 aliphatic carbocycles. The van der Waals surface area contributed by atoms with Crippen molar-refractivity contribution >= 4 is 5.97 Å². The third-order valence-electron chi connectivity index (χ3n) is 3.35. The van der Waals surface area contributed by atoms with Crippen LogP contribution < -0.4 is 5.32 Å². The summed E-state index contributed by atoms with van der Waals surface area (Å²) in [6, 6.07) is 0. The van der Waals surface area contributed by atoms with Gasteiger partial charge < -0.3 is 10.4 Å². The van der Waals surface area contributed by atoms with Gasteiger partial charge in [-0.15, -0.1) is 0 Å². The Bertz CT molecular complexity index is 208. The number of nitrogens with one attached hydrogen (secondary N) is 1. The molecule has 0 amide bonds. The maximum absolute atomic E-state index is 10.8. The molecule has 1 saturated carbocycles. The van der Waals surface area contributed by atoms with E-state index in [2.05, 4.69) is 5.32 Å². The van der Waals surface area contributed by atoms with Crippen molar-refractivity contribution in [1.82, 2.24) is 5.32 Å². The van der Waals surface area contributed by atoms with Crippen LogP contribution in [0, 0.1) is 11.3 Å². The Morgan fingerprint density at radius 1 is 1.40 bits per heavy atom. The number of rotatable bonds is 6. The van der Waals surface area contributed by atoms with Crippen LogP contribution in [0.4, 0.5) is 0 Å². The van der Waals surface area contributed by atoms with Crippen molar-refractivity contribution in [1.29, 1.82) is 0 Å². The highest BCUT2D eigenvalue weighted by Crippen LogP contribution is 2.27. The zero-order valence-corrected chi connectivity index (χ0v) is 9.88. The van der Waals surface area contributed by atoms with Crippen molar-refractivity contribution in [2.75, 3.05) is 13.1 Å². The molecule has 3 heteroatoms. The SMILES string of the molecule is CC(C)(CNCCC1CCCC1)C(=O)O. The van der Waals surface area contributed by atoms with Gasteiger partial charge in [-0.1, -0.05) is 25.7 Å². The van der Waals surface area contributed by atoms with Gasteiger partial charge in [-0.2, -0.15) is 0 Å². The minimum absolute atomic E-state index is 0.565. The monoisotopic (exact) mass is 213 g/mol. The van der Waals surface area contributed by atoms with E-state index in [9.17, 15) is 4.79 Å². The van der Waals surface area contributed by atoms with Gasteiger partial charge in [0.05, 0.1) is 5.41 Å². The first-order valence-corrected chi connectivity index (χ1v) is 5.96. The van der Waals surface area contributed by atoms with Crippen molar-refractivity contribution < 1.29 is 9.90 Å². The lowest BCUT2D eigenvalue weighted by molar-refractivity contribution is -0.146. The van der Waals surface area contributed by atoms with E-state index in [1.54, 1.807) is 13.8 Å². The van der Waals surface area contributed by atoms with Crippen LogP contribution in [0.25, 0.3) is 0 Å². The third kappa shape index (κ3) is 4.20. The quantitative estimate of drug-likeness (QED) is 0.665. The second-order valence-corrected chi connectivity index (χ2v) is 5.30. The molecular formula is C12H23NO2. The van der Waals surface area contributed by atoms with E-state index in [-0.39, 0.29) is 0 Å². The summed E-state index contributed by atoms with van der Waals surface area (Å²) >= 11 is 0. The summed E-state index contributed by atoms with van der Waals surface area (Å²) in [6.07, 6.45) is 6.69. The van der Waals surface area contributed by atoms with Crippen molar-refractivity contribution in [2.24, 2.45) is 11.3 Å². The minimum atomic E-state index is -0.726. The Morgan fingerprint density at radius 3 is 2.53 bits per heavy atom. The molecule has 1 fully saturated rings. The highest BCUT2D eigenvalue weighted by Gasteiger charge is 2.26. The predicted molar refractivity (Wildman–Crippen MR) is 60.9 cm³/mol. The fraction of sp³-hybridized carbons (Fsp3) is 0.917. The molecule has 15 heavy (non-hydrogen) atoms. The van der Waals surface area contributed by atoms with E-state index in [1.807, 2.05) is 0 Å². The van der Waals surface area contributed by atoms with Crippen molar-refractivity contribution in [3.63, 3.8) is 0 Å². The second kappa shape index (κ2) is 5.50. The summed E-state index contributed by atoms with van der Waals surface area (Å²) in [5.41, 5.74) is -0.643. The van der Waals surface area contributed by atoms with Crippen LogP contribution >= 0.6 is 0 Å². The molecule has 0 unspecified atom stereocenters. The van der Waals surface area contributed by atoms with Crippen LogP contribution in [-0.2, 0) is 4.79 Å². The Morgan fingerprint density at radius 2 is 2.00 bits per heavy atom. The first-order valence-electron chi connectivity index (χ1n) is 5.96. The topological polar surface area (TPSA) is 49.3 Å². The molecule has 1 rings (SSSR count). The number of carboxylic acid groups (broad SMARTS) is 1. The summed E-state index contributed by atoms with van der Waals surface area (Å²) in [7, 11) is 0. The van der Waals surface area contributed by atoms with E-state index >= 15 is 0 Å². The fourth-order valence-electron chi connectivity index (χ4n) is 2.08. The van der Waals surface area contributed by atoms with Gasteiger partial charge >= 0.3 is 5.97 Å². The maximum Gasteiger partial charge on any atom is 0.310 e. The molecule has 0 bridgehead atoms. The summed E-state index contributed by atoms with van der Waals surface area (Å²) < 4.78 is 0. The Kier molecular flexibility index (Phi) is 4.58. The van der Waals surface area contributed by atoms with E-state index in [4.69, 9.17) is 5.11 Å². The molecule has 0 spiro atoms. The van der Waals surface area contributed by atoms with Crippen LogP contribution in [-0.4, -0.2) is 24.2 Å². The van der Waals surface area contributed by atoms with Crippen LogP contribution in [0.5, 0.6) is 0 Å². The van der Waals surface area contributed by atoms with E-state index in [1.165, 1.54) is 32.1 Å². The van der Waals surface area contributed by atoms with Crippen molar-refractivity contribution in [3.05, 3.63) is 0 Å². The van der Waals surface area contributed by atoms with Gasteiger partial charge in [-0.3, -0.25) is 4.79 Å². The smallest absolute Gasteiger partial charge is 0.310 e. The molecule has 3 nitrogen and oxygen atoms in total. The van der Waals surface area contributed by atoms with E-state index in [0.717, 1.165) is 12.5 Å². The van der Waals surface area contributed by atoms with Crippen LogP contribution in [0.15, 0.2) is 0 Å². The number of hydrogen-bond acceptors (Lipinski definition) is 2. The van der Waals surface area contributed by atoms with Gasteiger partial charge in [-0.05, 0) is 32.7 Å². The molecular weight excluding hydrogens is 190 g/mol. The maximum atomic E-state index is 10.8. The predicted octanol–water partition coefficient (Wildman–Crippen LogP) is 2.27. The Balaban J connectivity index is 2.08. The van der Waals surface area contributed by atoms with Gasteiger partial charge in [0.1, 0.15) is 0 Å². The molecule has 0 heterocycles. The largest absolute Gasteiger partial charge is 0.481 e. The van der Waals surface area contributed by atoms with Gasteiger partial charge in [0, 0.05) is 6.54 Å². The molecule has 0 aromatic carbocycles. The lowest BCUT2D eigenvalue weighted by atomic mass is 9.94. The highest BCUT2D eigenvalue weighted by molar-refractivity contribution is 5.73. The van der Waals surface area contributed by atoms with E-state index < -0.39 is 11.4 Å². The van der Waals surface area contributed by atoms with Gasteiger partial charge in [0.2, 0.25) is 0 Å². The summed E-state index contributed by atoms with van der Waals surface area (Å²) in [6.45, 7) is 5.05. The number of carboxylic acids is 1. The zero-order valence-electron chi connectivity index (χ0n) is 9.88. The average molecular weight is 213 g/mol. The van der Waals surface area contributed by atoms with Gasteiger partial charge in [0.25, 0.3) is 0 Å². The summed E-state index contributed by atoms with van der Waals surface area (Å²) in [5.74, 6) is 0.154. The van der Waals surface area contributed by atoms with Crippen LogP contribution in [0.1, 0.15) is 46.0 Å². The molecule has 2 N–H and O–H groups in total. The number of hydrogen-bond donors (Lipinski definition) is 2. The van der Waals surface area contributed by atoms with Gasteiger partial charge in [-0.25, -0.2) is 0 Å². The van der Waals surface area contributed by atoms with Crippen LogP contribution in [0.2, 0.25) is 0 Å². The Hall–Kier alpha value is -0.570. The minimum Gasteiger partial charge on any atom is -0.481 e. The molecule has 0 aromatic rings. The third-order valence-corrected chi connectivity index (χ3v) is 3.35. The normalized spacial score (nSPS) is 18.3. The molecule has 88 valence electrons. The first-order chi connectivity index (χ1) is 7.02. The fourth-order valence-corrected chi connectivity index (χ4v) is 2.08. The summed E-state index contributed by atoms with van der Waals surface area (Å²) in [4.78, 5) is 10.8. The first kappa shape index (κ1) is 12.5. The lowest BCUT2D eigenvalue weighted by Crippen LogP contribution is -2.36. The molecule has 0 aliphatic heterocycles. The number of carbonyl (C=O) groups is 1. The molecule has 0 radical (unpaired) electrons. The molecule has 0 atom stereocenters. The Labute approximate surface area is 92.3 Å². The summed E-state index contributed by atoms with van der Waals surface area (Å²) in [5, 5.41) is 12.2. The second-order valence-electron chi connectivity index (χ2n) is 5.30. The van der Waals surface area contributed by atoms with Gasteiger partial charge in [0.15, 0.2) is 0 Å². The number of aliphatic carboxylic acids is 1. The standard InChI is InChI=1S/C12H23NO2/c1-12(2,11(14)15)9-13-8-7-10-5-3-4-6-10/h10,13H,3-9H2,1-2H3,(H,14,15). The molecule has 0 saturated heterocycles.